The molecule has 10 heteroatoms. The number of aromatic nitrogens is 4. The Morgan fingerprint density at radius 1 is 1.38 bits per heavy atom. The van der Waals surface area contributed by atoms with Crippen molar-refractivity contribution in [3.8, 4) is 22.8 Å². The molecule has 1 unspecified atom stereocenters. The molecular formula is C19H21F2N5O3. The number of hydrogen-bond acceptors (Lipinski definition) is 5. The Hall–Kier alpha value is -3.11. The molecular weight excluding hydrogens is 384 g/mol. The third-order valence-electron chi connectivity index (χ3n) is 4.49. The number of rotatable bonds is 4. The van der Waals surface area contributed by atoms with Gasteiger partial charge in [0.1, 0.15) is 23.0 Å². The van der Waals surface area contributed by atoms with Crippen LogP contribution >= 0.6 is 0 Å². The Morgan fingerprint density at radius 3 is 2.83 bits per heavy atom. The number of halogens is 2. The maximum atomic E-state index is 14.3. The van der Waals surface area contributed by atoms with E-state index in [1.54, 1.807) is 18.7 Å². The summed E-state index contributed by atoms with van der Waals surface area (Å²) in [5, 5.41) is 6.89. The second-order valence-electron chi connectivity index (χ2n) is 6.52. The molecule has 2 N–H and O–H groups in total. The molecule has 1 aliphatic rings. The van der Waals surface area contributed by atoms with E-state index in [0.29, 0.717) is 30.4 Å². The van der Waals surface area contributed by atoms with Crippen molar-refractivity contribution in [2.75, 3.05) is 26.7 Å². The third kappa shape index (κ3) is 4.84. The molecule has 3 heterocycles. The van der Waals surface area contributed by atoms with Crippen molar-refractivity contribution >= 4 is 6.47 Å². The van der Waals surface area contributed by atoms with Gasteiger partial charge in [-0.3, -0.25) is 4.79 Å². The smallest absolute Gasteiger partial charge is 0.290 e. The monoisotopic (exact) mass is 405 g/mol. The Bertz CT molecular complexity index is 945. The van der Waals surface area contributed by atoms with Crippen LogP contribution in [0.1, 0.15) is 0 Å². The van der Waals surface area contributed by atoms with Crippen molar-refractivity contribution in [2.45, 2.75) is 12.6 Å². The molecule has 1 atom stereocenters. The molecule has 29 heavy (non-hydrogen) atoms. The third-order valence-corrected chi connectivity index (χ3v) is 4.49. The Balaban J connectivity index is 0.000000755. The molecule has 1 aromatic carbocycles. The lowest BCUT2D eigenvalue weighted by Crippen LogP contribution is -2.42. The number of H-pyrrole nitrogens is 1. The SMILES string of the molecule is CN1CCOC(Cn2cnc(-c3ccc(F)cc3F)c2-c2ncc[nH]2)C1.O=CO. The molecule has 0 saturated carbocycles. The van der Waals surface area contributed by atoms with Crippen molar-refractivity contribution < 1.29 is 23.4 Å². The zero-order chi connectivity index (χ0) is 20.8. The van der Waals surface area contributed by atoms with Gasteiger partial charge < -0.3 is 24.3 Å². The summed E-state index contributed by atoms with van der Waals surface area (Å²) in [5.74, 6) is -0.703. The summed E-state index contributed by atoms with van der Waals surface area (Å²) in [5.41, 5.74) is 1.30. The van der Waals surface area contributed by atoms with Crippen LogP contribution in [0.5, 0.6) is 0 Å². The van der Waals surface area contributed by atoms with E-state index in [2.05, 4.69) is 26.9 Å². The largest absolute Gasteiger partial charge is 0.483 e. The van der Waals surface area contributed by atoms with E-state index in [0.717, 1.165) is 19.2 Å². The highest BCUT2D eigenvalue weighted by Gasteiger charge is 2.24. The number of morpholine rings is 1. The van der Waals surface area contributed by atoms with Crippen molar-refractivity contribution in [2.24, 2.45) is 0 Å². The van der Waals surface area contributed by atoms with Crippen LogP contribution in [0.4, 0.5) is 8.78 Å². The van der Waals surface area contributed by atoms with Gasteiger partial charge in [-0.05, 0) is 19.2 Å². The van der Waals surface area contributed by atoms with Crippen LogP contribution in [-0.4, -0.2) is 68.8 Å². The molecule has 4 rings (SSSR count). The van der Waals surface area contributed by atoms with Gasteiger partial charge in [0, 0.05) is 37.1 Å². The first kappa shape index (κ1) is 20.6. The minimum Gasteiger partial charge on any atom is -0.483 e. The van der Waals surface area contributed by atoms with Crippen LogP contribution < -0.4 is 0 Å². The van der Waals surface area contributed by atoms with Gasteiger partial charge in [0.25, 0.3) is 6.47 Å². The number of imidazole rings is 2. The minimum atomic E-state index is -0.656. The standard InChI is InChI=1S/C18H19F2N5O.CH2O2/c1-24-6-7-26-13(9-24)10-25-11-23-16(17(25)18-21-4-5-22-18)14-3-2-12(19)8-15(14)20;2-1-3/h2-5,8,11,13H,6-7,9-10H2,1H3,(H,21,22);1H,(H,2,3). The van der Waals surface area contributed by atoms with Crippen molar-refractivity contribution in [3.63, 3.8) is 0 Å². The summed E-state index contributed by atoms with van der Waals surface area (Å²) in [6.45, 7) is 2.69. The van der Waals surface area contributed by atoms with E-state index >= 15 is 0 Å². The number of benzene rings is 1. The number of carboxylic acid groups (broad SMARTS) is 1. The predicted octanol–water partition coefficient (Wildman–Crippen LogP) is 2.25. The number of aromatic amines is 1. The second kappa shape index (κ2) is 9.39. The number of nitrogens with one attached hydrogen (secondary N) is 1. The molecule has 0 amide bonds. The molecule has 3 aromatic rings. The number of hydrogen-bond donors (Lipinski definition) is 2. The van der Waals surface area contributed by atoms with E-state index in [-0.39, 0.29) is 18.1 Å². The molecule has 1 aliphatic heterocycles. The Labute approximate surface area is 165 Å². The maximum Gasteiger partial charge on any atom is 0.290 e. The van der Waals surface area contributed by atoms with Crippen molar-refractivity contribution in [1.29, 1.82) is 0 Å². The van der Waals surface area contributed by atoms with Gasteiger partial charge >= 0.3 is 0 Å². The molecule has 0 radical (unpaired) electrons. The van der Waals surface area contributed by atoms with Crippen LogP contribution in [0.25, 0.3) is 22.8 Å². The zero-order valence-electron chi connectivity index (χ0n) is 15.8. The fraction of sp³-hybridized carbons (Fsp3) is 0.316. The summed E-state index contributed by atoms with van der Waals surface area (Å²) in [6.07, 6.45) is 4.97. The van der Waals surface area contributed by atoms with Crippen molar-refractivity contribution in [1.82, 2.24) is 24.4 Å². The first-order chi connectivity index (χ1) is 14.0. The van der Waals surface area contributed by atoms with Gasteiger partial charge in [0.15, 0.2) is 5.82 Å². The van der Waals surface area contributed by atoms with E-state index in [1.165, 1.54) is 12.1 Å². The predicted molar refractivity (Wildman–Crippen MR) is 101 cm³/mol. The van der Waals surface area contributed by atoms with Crippen LogP contribution in [0.15, 0.2) is 36.9 Å². The fourth-order valence-corrected chi connectivity index (χ4v) is 3.24. The lowest BCUT2D eigenvalue weighted by molar-refractivity contribution is -0.122. The Morgan fingerprint density at radius 2 is 2.17 bits per heavy atom. The number of carbonyl (C=O) groups is 1. The summed E-state index contributed by atoms with van der Waals surface area (Å²) < 4.78 is 35.3. The lowest BCUT2D eigenvalue weighted by Gasteiger charge is -2.30. The molecule has 1 fully saturated rings. The molecule has 154 valence electrons. The van der Waals surface area contributed by atoms with Crippen molar-refractivity contribution in [3.05, 3.63) is 48.6 Å². The molecule has 0 aliphatic carbocycles. The Kier molecular flexibility index (Phi) is 6.68. The van der Waals surface area contributed by atoms with Gasteiger partial charge in [-0.2, -0.15) is 0 Å². The van der Waals surface area contributed by atoms with E-state index in [4.69, 9.17) is 14.6 Å². The molecule has 0 spiro atoms. The molecule has 8 nitrogen and oxygen atoms in total. The normalized spacial score (nSPS) is 16.9. The van der Waals surface area contributed by atoms with E-state index < -0.39 is 11.6 Å². The molecule has 2 aromatic heterocycles. The topological polar surface area (TPSA) is 96.3 Å². The summed E-state index contributed by atoms with van der Waals surface area (Å²) in [4.78, 5) is 22.3. The highest BCUT2D eigenvalue weighted by Crippen LogP contribution is 2.31. The number of ether oxygens (including phenoxy) is 1. The second-order valence-corrected chi connectivity index (χ2v) is 6.52. The van der Waals surface area contributed by atoms with Crippen LogP contribution in [0, 0.1) is 11.6 Å². The van der Waals surface area contributed by atoms with E-state index in [9.17, 15) is 8.78 Å². The maximum absolute atomic E-state index is 14.3. The minimum absolute atomic E-state index is 0.00239. The van der Waals surface area contributed by atoms with Gasteiger partial charge in [-0.15, -0.1) is 0 Å². The van der Waals surface area contributed by atoms with E-state index in [1.807, 2.05) is 4.57 Å². The van der Waals surface area contributed by atoms with Gasteiger partial charge in [0.2, 0.25) is 0 Å². The average Bonchev–Trinajstić information content (AvgIpc) is 3.32. The average molecular weight is 405 g/mol. The number of likely N-dealkylation sites (N-methyl/N-ethyl adjacent to an activating group) is 1. The zero-order valence-corrected chi connectivity index (χ0v) is 15.8. The van der Waals surface area contributed by atoms with Gasteiger partial charge in [0.05, 0.1) is 25.6 Å². The number of nitrogens with zero attached hydrogens (tertiary/aromatic N) is 4. The first-order valence-corrected chi connectivity index (χ1v) is 8.91. The highest BCUT2D eigenvalue weighted by molar-refractivity contribution is 5.75. The first-order valence-electron chi connectivity index (χ1n) is 8.91. The molecule has 1 saturated heterocycles. The van der Waals surface area contributed by atoms with Gasteiger partial charge in [-0.1, -0.05) is 0 Å². The lowest BCUT2D eigenvalue weighted by atomic mass is 10.1. The summed E-state index contributed by atoms with van der Waals surface area (Å²) in [6, 6.07) is 3.48. The van der Waals surface area contributed by atoms with Gasteiger partial charge in [-0.25, -0.2) is 18.7 Å². The summed E-state index contributed by atoms with van der Waals surface area (Å²) in [7, 11) is 2.05. The summed E-state index contributed by atoms with van der Waals surface area (Å²) >= 11 is 0. The van der Waals surface area contributed by atoms with Crippen LogP contribution in [-0.2, 0) is 16.1 Å². The quantitative estimate of drug-likeness (QED) is 0.647. The molecule has 0 bridgehead atoms. The fourth-order valence-electron chi connectivity index (χ4n) is 3.24. The highest BCUT2D eigenvalue weighted by atomic mass is 19.1. The van der Waals surface area contributed by atoms with Crippen LogP contribution in [0.3, 0.4) is 0 Å². The van der Waals surface area contributed by atoms with Crippen LogP contribution in [0.2, 0.25) is 0 Å².